The lowest BCUT2D eigenvalue weighted by Crippen LogP contribution is -2.13. The van der Waals surface area contributed by atoms with Crippen LogP contribution < -0.4 is 11.1 Å². The van der Waals surface area contributed by atoms with Crippen LogP contribution in [0.1, 0.15) is 69.4 Å². The van der Waals surface area contributed by atoms with Crippen LogP contribution in [0, 0.1) is 13.8 Å². The minimum Gasteiger partial charge on any atom is -0.397 e. The first kappa shape index (κ1) is 17.5. The van der Waals surface area contributed by atoms with Crippen LogP contribution in [0.5, 0.6) is 0 Å². The van der Waals surface area contributed by atoms with Crippen molar-refractivity contribution in [2.24, 2.45) is 0 Å². The highest BCUT2D eigenvalue weighted by molar-refractivity contribution is 5.94. The molecule has 0 aliphatic carbocycles. The average molecular weight is 290 g/mol. The highest BCUT2D eigenvalue weighted by atomic mass is 16.1. The number of unbranched alkanes of at least 4 members (excludes halogenated alkanes) is 6. The molecule has 0 atom stereocenters. The van der Waals surface area contributed by atoms with Gasteiger partial charge in [-0.3, -0.25) is 4.79 Å². The fourth-order valence-electron chi connectivity index (χ4n) is 2.40. The molecule has 0 fully saturated rings. The second-order valence-electron chi connectivity index (χ2n) is 5.94. The number of nitrogens with one attached hydrogen (secondary N) is 1. The van der Waals surface area contributed by atoms with Crippen molar-refractivity contribution in [1.82, 2.24) is 0 Å². The summed E-state index contributed by atoms with van der Waals surface area (Å²) in [6.07, 6.45) is 9.13. The molecule has 1 amide bonds. The van der Waals surface area contributed by atoms with Gasteiger partial charge in [-0.05, 0) is 43.5 Å². The lowest BCUT2D eigenvalue weighted by Gasteiger charge is -2.11. The van der Waals surface area contributed by atoms with Gasteiger partial charge in [0.2, 0.25) is 5.91 Å². The monoisotopic (exact) mass is 290 g/mol. The standard InChI is InChI=1S/C18H30N2O/c1-4-5-6-7-8-9-10-11-18(21)20-17-13-15(3)14(2)12-16(17)19/h12-13H,4-11,19H2,1-3H3,(H,20,21). The van der Waals surface area contributed by atoms with E-state index in [0.29, 0.717) is 12.1 Å². The van der Waals surface area contributed by atoms with E-state index in [1.807, 2.05) is 26.0 Å². The fourth-order valence-corrected chi connectivity index (χ4v) is 2.40. The average Bonchev–Trinajstić information content (AvgIpc) is 2.44. The molecule has 0 heterocycles. The van der Waals surface area contributed by atoms with Crippen molar-refractivity contribution < 1.29 is 4.79 Å². The summed E-state index contributed by atoms with van der Waals surface area (Å²) in [6.45, 7) is 6.28. The largest absolute Gasteiger partial charge is 0.397 e. The Morgan fingerprint density at radius 3 is 2.24 bits per heavy atom. The van der Waals surface area contributed by atoms with E-state index < -0.39 is 0 Å². The van der Waals surface area contributed by atoms with E-state index in [0.717, 1.165) is 29.7 Å². The minimum absolute atomic E-state index is 0.0681. The summed E-state index contributed by atoms with van der Waals surface area (Å²) in [5.41, 5.74) is 9.63. The number of rotatable bonds is 9. The molecular weight excluding hydrogens is 260 g/mol. The quantitative estimate of drug-likeness (QED) is 0.498. The van der Waals surface area contributed by atoms with E-state index in [4.69, 9.17) is 5.73 Å². The first-order chi connectivity index (χ1) is 10.0. The van der Waals surface area contributed by atoms with Crippen molar-refractivity contribution in [3.05, 3.63) is 23.3 Å². The maximum absolute atomic E-state index is 11.9. The first-order valence-electron chi connectivity index (χ1n) is 8.21. The van der Waals surface area contributed by atoms with E-state index in [2.05, 4.69) is 12.2 Å². The van der Waals surface area contributed by atoms with Crippen molar-refractivity contribution in [1.29, 1.82) is 0 Å². The molecule has 1 aromatic carbocycles. The molecule has 1 rings (SSSR count). The lowest BCUT2D eigenvalue weighted by molar-refractivity contribution is -0.116. The number of benzene rings is 1. The van der Waals surface area contributed by atoms with Gasteiger partial charge in [-0.1, -0.05) is 45.4 Å². The number of carbonyl (C=O) groups is 1. The lowest BCUT2D eigenvalue weighted by atomic mass is 10.1. The van der Waals surface area contributed by atoms with Crippen molar-refractivity contribution in [2.45, 2.75) is 72.1 Å². The molecule has 21 heavy (non-hydrogen) atoms. The summed E-state index contributed by atoms with van der Waals surface area (Å²) >= 11 is 0. The Labute approximate surface area is 129 Å². The Morgan fingerprint density at radius 2 is 1.57 bits per heavy atom. The van der Waals surface area contributed by atoms with Crippen LogP contribution in [0.3, 0.4) is 0 Å². The molecular formula is C18H30N2O. The van der Waals surface area contributed by atoms with Gasteiger partial charge < -0.3 is 11.1 Å². The predicted octanol–water partition coefficient (Wildman–Crippen LogP) is 4.96. The highest BCUT2D eigenvalue weighted by Crippen LogP contribution is 2.23. The van der Waals surface area contributed by atoms with Crippen LogP contribution in [-0.2, 0) is 4.79 Å². The molecule has 0 aliphatic heterocycles. The van der Waals surface area contributed by atoms with Crippen molar-refractivity contribution in [3.8, 4) is 0 Å². The van der Waals surface area contributed by atoms with E-state index in [1.54, 1.807) is 0 Å². The molecule has 1 aromatic rings. The summed E-state index contributed by atoms with van der Waals surface area (Å²) in [7, 11) is 0. The summed E-state index contributed by atoms with van der Waals surface area (Å²) in [6, 6.07) is 3.87. The van der Waals surface area contributed by atoms with Crippen molar-refractivity contribution in [3.63, 3.8) is 0 Å². The van der Waals surface area contributed by atoms with Gasteiger partial charge in [-0.2, -0.15) is 0 Å². The number of anilines is 2. The van der Waals surface area contributed by atoms with Gasteiger partial charge >= 0.3 is 0 Å². The van der Waals surface area contributed by atoms with E-state index in [1.165, 1.54) is 32.1 Å². The van der Waals surface area contributed by atoms with Crippen LogP contribution in [0.4, 0.5) is 11.4 Å². The topological polar surface area (TPSA) is 55.1 Å². The van der Waals surface area contributed by atoms with E-state index >= 15 is 0 Å². The molecule has 0 saturated heterocycles. The Morgan fingerprint density at radius 1 is 1.00 bits per heavy atom. The fraction of sp³-hybridized carbons (Fsp3) is 0.611. The second kappa shape index (κ2) is 9.43. The Balaban J connectivity index is 2.26. The number of hydrogen-bond donors (Lipinski definition) is 2. The van der Waals surface area contributed by atoms with Crippen LogP contribution in [-0.4, -0.2) is 5.91 Å². The van der Waals surface area contributed by atoms with Crippen LogP contribution in [0.15, 0.2) is 12.1 Å². The van der Waals surface area contributed by atoms with Gasteiger partial charge in [0.25, 0.3) is 0 Å². The molecule has 0 aliphatic rings. The molecule has 0 saturated carbocycles. The van der Waals surface area contributed by atoms with Gasteiger partial charge in [0.15, 0.2) is 0 Å². The molecule has 118 valence electrons. The van der Waals surface area contributed by atoms with Gasteiger partial charge in [0.1, 0.15) is 0 Å². The number of nitrogens with two attached hydrogens (primary N) is 1. The third-order valence-electron chi connectivity index (χ3n) is 3.95. The third kappa shape index (κ3) is 6.65. The smallest absolute Gasteiger partial charge is 0.224 e. The van der Waals surface area contributed by atoms with E-state index in [9.17, 15) is 4.79 Å². The van der Waals surface area contributed by atoms with Crippen LogP contribution >= 0.6 is 0 Å². The van der Waals surface area contributed by atoms with Gasteiger partial charge in [-0.15, -0.1) is 0 Å². The van der Waals surface area contributed by atoms with Crippen LogP contribution in [0.2, 0.25) is 0 Å². The zero-order valence-electron chi connectivity index (χ0n) is 13.8. The van der Waals surface area contributed by atoms with Crippen molar-refractivity contribution >= 4 is 17.3 Å². The SMILES string of the molecule is CCCCCCCCCC(=O)Nc1cc(C)c(C)cc1N. The Kier molecular flexibility index (Phi) is 7.88. The van der Waals surface area contributed by atoms with Gasteiger partial charge in [0.05, 0.1) is 11.4 Å². The predicted molar refractivity (Wildman–Crippen MR) is 91.6 cm³/mol. The van der Waals surface area contributed by atoms with E-state index in [-0.39, 0.29) is 5.91 Å². The number of amides is 1. The number of hydrogen-bond acceptors (Lipinski definition) is 2. The number of aryl methyl sites for hydroxylation is 2. The summed E-state index contributed by atoms with van der Waals surface area (Å²) in [4.78, 5) is 11.9. The maximum Gasteiger partial charge on any atom is 0.224 e. The number of carbonyl (C=O) groups excluding carboxylic acids is 1. The summed E-state index contributed by atoms with van der Waals surface area (Å²) < 4.78 is 0. The Hall–Kier alpha value is -1.51. The van der Waals surface area contributed by atoms with Gasteiger partial charge in [0, 0.05) is 6.42 Å². The summed E-state index contributed by atoms with van der Waals surface area (Å²) in [5.74, 6) is 0.0681. The van der Waals surface area contributed by atoms with Crippen molar-refractivity contribution in [2.75, 3.05) is 11.1 Å². The zero-order valence-corrected chi connectivity index (χ0v) is 13.8. The summed E-state index contributed by atoms with van der Waals surface area (Å²) in [5, 5.41) is 2.93. The molecule has 3 nitrogen and oxygen atoms in total. The molecule has 0 unspecified atom stereocenters. The molecule has 3 heteroatoms. The molecule has 0 aromatic heterocycles. The number of nitrogen functional groups attached to an aromatic ring is 1. The molecule has 3 N–H and O–H groups in total. The maximum atomic E-state index is 11.9. The zero-order chi connectivity index (χ0) is 15.7. The molecule has 0 spiro atoms. The van der Waals surface area contributed by atoms with Gasteiger partial charge in [-0.25, -0.2) is 0 Å². The second-order valence-corrected chi connectivity index (χ2v) is 5.94. The molecule has 0 radical (unpaired) electrons. The first-order valence-corrected chi connectivity index (χ1v) is 8.21. The Bertz CT molecular complexity index is 455. The minimum atomic E-state index is 0.0681. The van der Waals surface area contributed by atoms with Crippen LogP contribution in [0.25, 0.3) is 0 Å². The normalized spacial score (nSPS) is 10.6. The molecule has 0 bridgehead atoms. The highest BCUT2D eigenvalue weighted by Gasteiger charge is 2.07. The third-order valence-corrected chi connectivity index (χ3v) is 3.95.